The third-order valence-corrected chi connectivity index (χ3v) is 5.17. The van der Waals surface area contributed by atoms with Crippen molar-refractivity contribution in [3.8, 4) is 21.7 Å². The molecule has 25 heavy (non-hydrogen) atoms. The number of rotatable bonds is 3. The summed E-state index contributed by atoms with van der Waals surface area (Å²) in [6, 6.07) is 13.9. The number of aromatic amines is 1. The van der Waals surface area contributed by atoms with E-state index in [1.807, 2.05) is 30.3 Å². The minimum absolute atomic E-state index is 0.0165. The molecule has 0 fully saturated rings. The first kappa shape index (κ1) is 15.8. The number of benzene rings is 2. The number of aromatic nitrogens is 1. The second kappa shape index (κ2) is 5.98. The van der Waals surface area contributed by atoms with E-state index in [9.17, 15) is 14.5 Å². The van der Waals surface area contributed by atoms with Gasteiger partial charge in [0.25, 0.3) is 5.69 Å². The maximum atomic E-state index is 14.0. The zero-order valence-electron chi connectivity index (χ0n) is 12.6. The van der Waals surface area contributed by atoms with Gasteiger partial charge in [0.05, 0.1) is 21.0 Å². The van der Waals surface area contributed by atoms with Crippen molar-refractivity contribution in [3.05, 3.63) is 74.9 Å². The van der Waals surface area contributed by atoms with Crippen LogP contribution in [0.2, 0.25) is 5.02 Å². The number of thiophene rings is 1. The number of nitrogens with one attached hydrogen (secondary N) is 1. The Kier molecular flexibility index (Phi) is 3.78. The Hall–Kier alpha value is -2.70. The highest BCUT2D eigenvalue weighted by molar-refractivity contribution is 7.14. The summed E-state index contributed by atoms with van der Waals surface area (Å²) in [4.78, 5) is 14.6. The lowest BCUT2D eigenvalue weighted by Crippen LogP contribution is -1.83. The molecule has 0 saturated carbocycles. The Labute approximate surface area is 150 Å². The zero-order chi connectivity index (χ0) is 17.6. The summed E-state index contributed by atoms with van der Waals surface area (Å²) in [7, 11) is 0. The molecule has 0 aliphatic carbocycles. The van der Waals surface area contributed by atoms with Crippen LogP contribution in [0.3, 0.4) is 0 Å². The van der Waals surface area contributed by atoms with Gasteiger partial charge in [-0.25, -0.2) is 4.39 Å². The van der Waals surface area contributed by atoms with Crippen molar-refractivity contribution in [2.45, 2.75) is 0 Å². The Morgan fingerprint density at radius 3 is 2.60 bits per heavy atom. The molecule has 2 aromatic heterocycles. The number of H-pyrrole nitrogens is 1. The Balaban J connectivity index is 2.05. The highest BCUT2D eigenvalue weighted by Gasteiger charge is 2.20. The minimum atomic E-state index is -0.528. The van der Waals surface area contributed by atoms with Crippen LogP contribution in [0, 0.1) is 15.9 Å². The molecular formula is C18H10ClFN2O2S. The molecule has 2 aromatic carbocycles. The standard InChI is InChI=1S/C18H10ClFN2O2S/c19-13-8-15-12(7-14(13)20)17(16-6-11(9-25-16)22(23)24)18(21-15)10-4-2-1-3-5-10/h1-9,21H. The van der Waals surface area contributed by atoms with Crippen molar-refractivity contribution < 1.29 is 9.31 Å². The lowest BCUT2D eigenvalue weighted by molar-refractivity contribution is -0.384. The van der Waals surface area contributed by atoms with Gasteiger partial charge in [0.1, 0.15) is 5.82 Å². The molecule has 0 aliphatic rings. The quantitative estimate of drug-likeness (QED) is 0.340. The van der Waals surface area contributed by atoms with Gasteiger partial charge in [0.2, 0.25) is 0 Å². The Bertz CT molecular complexity index is 1110. The summed E-state index contributed by atoms with van der Waals surface area (Å²) in [6.07, 6.45) is 0. The fourth-order valence-corrected chi connectivity index (χ4v) is 3.90. The topological polar surface area (TPSA) is 58.9 Å². The molecule has 0 aliphatic heterocycles. The number of hydrogen-bond acceptors (Lipinski definition) is 3. The molecule has 124 valence electrons. The predicted molar refractivity (Wildman–Crippen MR) is 98.7 cm³/mol. The Morgan fingerprint density at radius 2 is 1.92 bits per heavy atom. The summed E-state index contributed by atoms with van der Waals surface area (Å²) >= 11 is 7.16. The van der Waals surface area contributed by atoms with E-state index in [4.69, 9.17) is 11.6 Å². The number of fused-ring (bicyclic) bond motifs is 1. The SMILES string of the molecule is O=[N+]([O-])c1csc(-c2c(-c3ccccc3)[nH]c3cc(Cl)c(F)cc23)c1. The number of hydrogen-bond donors (Lipinski definition) is 1. The summed E-state index contributed by atoms with van der Waals surface area (Å²) in [5, 5.41) is 13.2. The van der Waals surface area contributed by atoms with Crippen LogP contribution < -0.4 is 0 Å². The van der Waals surface area contributed by atoms with Gasteiger partial charge >= 0.3 is 0 Å². The van der Waals surface area contributed by atoms with E-state index in [-0.39, 0.29) is 10.7 Å². The summed E-state index contributed by atoms with van der Waals surface area (Å²) < 4.78 is 14.0. The van der Waals surface area contributed by atoms with Gasteiger partial charge in [-0.05, 0) is 17.7 Å². The minimum Gasteiger partial charge on any atom is -0.354 e. The van der Waals surface area contributed by atoms with Gasteiger partial charge in [0.15, 0.2) is 0 Å². The lowest BCUT2D eigenvalue weighted by atomic mass is 10.0. The average Bonchev–Trinajstić information content (AvgIpc) is 3.21. The van der Waals surface area contributed by atoms with Crippen LogP contribution in [0.4, 0.5) is 10.1 Å². The fourth-order valence-electron chi connectivity index (χ4n) is 2.82. The van der Waals surface area contributed by atoms with E-state index in [1.54, 1.807) is 0 Å². The normalized spacial score (nSPS) is 11.1. The number of halogens is 2. The van der Waals surface area contributed by atoms with E-state index in [1.165, 1.54) is 34.9 Å². The molecule has 0 spiro atoms. The highest BCUT2D eigenvalue weighted by Crippen LogP contribution is 2.43. The smallest absolute Gasteiger partial charge is 0.280 e. The molecule has 7 heteroatoms. The van der Waals surface area contributed by atoms with Gasteiger partial charge in [-0.1, -0.05) is 41.9 Å². The molecule has 1 N–H and O–H groups in total. The second-order valence-electron chi connectivity index (χ2n) is 5.48. The van der Waals surface area contributed by atoms with Crippen LogP contribution in [-0.2, 0) is 0 Å². The van der Waals surface area contributed by atoms with E-state index in [2.05, 4.69) is 4.98 Å². The first-order valence-electron chi connectivity index (χ1n) is 7.34. The predicted octanol–water partition coefficient (Wildman–Crippen LogP) is 6.26. The molecule has 0 atom stereocenters. The molecule has 0 amide bonds. The zero-order valence-corrected chi connectivity index (χ0v) is 14.2. The molecule has 4 nitrogen and oxygen atoms in total. The molecule has 0 saturated heterocycles. The molecule has 0 radical (unpaired) electrons. The van der Waals surface area contributed by atoms with E-state index in [0.29, 0.717) is 15.8 Å². The van der Waals surface area contributed by atoms with Crippen LogP contribution in [0.1, 0.15) is 0 Å². The van der Waals surface area contributed by atoms with E-state index >= 15 is 0 Å². The maximum absolute atomic E-state index is 14.0. The summed E-state index contributed by atoms with van der Waals surface area (Å²) in [5.74, 6) is -0.528. The monoisotopic (exact) mass is 372 g/mol. The third-order valence-electron chi connectivity index (χ3n) is 3.94. The molecule has 0 unspecified atom stereocenters. The third kappa shape index (κ3) is 2.69. The van der Waals surface area contributed by atoms with Crippen molar-refractivity contribution in [1.82, 2.24) is 4.98 Å². The van der Waals surface area contributed by atoms with Crippen LogP contribution in [0.5, 0.6) is 0 Å². The van der Waals surface area contributed by atoms with E-state index in [0.717, 1.165) is 16.8 Å². The molecular weight excluding hydrogens is 363 g/mol. The average molecular weight is 373 g/mol. The molecule has 4 rings (SSSR count). The maximum Gasteiger partial charge on any atom is 0.280 e. The largest absolute Gasteiger partial charge is 0.354 e. The van der Waals surface area contributed by atoms with Crippen LogP contribution in [-0.4, -0.2) is 9.91 Å². The van der Waals surface area contributed by atoms with Gasteiger partial charge in [0, 0.05) is 27.4 Å². The number of nitrogens with zero attached hydrogens (tertiary/aromatic N) is 1. The highest BCUT2D eigenvalue weighted by atomic mass is 35.5. The van der Waals surface area contributed by atoms with Crippen molar-refractivity contribution >= 4 is 39.5 Å². The van der Waals surface area contributed by atoms with Gasteiger partial charge in [-0.15, -0.1) is 11.3 Å². The van der Waals surface area contributed by atoms with Crippen LogP contribution in [0.15, 0.2) is 53.9 Å². The molecule has 2 heterocycles. The first-order chi connectivity index (χ1) is 12.0. The van der Waals surface area contributed by atoms with Gasteiger partial charge < -0.3 is 4.98 Å². The van der Waals surface area contributed by atoms with Gasteiger partial charge in [-0.3, -0.25) is 10.1 Å². The fraction of sp³-hybridized carbons (Fsp3) is 0. The Morgan fingerprint density at radius 1 is 1.16 bits per heavy atom. The first-order valence-corrected chi connectivity index (χ1v) is 8.60. The van der Waals surface area contributed by atoms with Crippen molar-refractivity contribution in [2.75, 3.05) is 0 Å². The van der Waals surface area contributed by atoms with E-state index < -0.39 is 10.7 Å². The van der Waals surface area contributed by atoms with Crippen LogP contribution in [0.25, 0.3) is 32.6 Å². The lowest BCUT2D eigenvalue weighted by Gasteiger charge is -2.03. The molecule has 0 bridgehead atoms. The summed E-state index contributed by atoms with van der Waals surface area (Å²) in [5.41, 5.74) is 3.10. The second-order valence-corrected chi connectivity index (χ2v) is 6.80. The van der Waals surface area contributed by atoms with Crippen molar-refractivity contribution in [2.24, 2.45) is 0 Å². The van der Waals surface area contributed by atoms with Crippen LogP contribution >= 0.6 is 22.9 Å². The van der Waals surface area contributed by atoms with Crippen molar-refractivity contribution in [3.63, 3.8) is 0 Å². The number of nitro groups is 1. The van der Waals surface area contributed by atoms with Crippen molar-refractivity contribution in [1.29, 1.82) is 0 Å². The molecule has 4 aromatic rings. The summed E-state index contributed by atoms with van der Waals surface area (Å²) in [6.45, 7) is 0. The van der Waals surface area contributed by atoms with Gasteiger partial charge in [-0.2, -0.15) is 0 Å².